The van der Waals surface area contributed by atoms with E-state index in [0.29, 0.717) is 12.6 Å². The summed E-state index contributed by atoms with van der Waals surface area (Å²) in [5.74, 6) is 0.561. The average Bonchev–Trinajstić information content (AvgIpc) is 3.29. The number of rotatable bonds is 5. The predicted molar refractivity (Wildman–Crippen MR) is 97.6 cm³/mol. The Labute approximate surface area is 148 Å². The highest BCUT2D eigenvalue weighted by Crippen LogP contribution is 2.21. The SMILES string of the molecule is O=C(Nc1nc2ccccc2n1CCN1CCCCC1)[C@@H]1CCCO1. The van der Waals surface area contributed by atoms with Crippen LogP contribution in [0.1, 0.15) is 32.1 Å². The summed E-state index contributed by atoms with van der Waals surface area (Å²) >= 11 is 0. The Bertz CT molecular complexity index is 730. The van der Waals surface area contributed by atoms with Crippen LogP contribution in [0.2, 0.25) is 0 Å². The second kappa shape index (κ2) is 7.54. The highest BCUT2D eigenvalue weighted by molar-refractivity contribution is 5.94. The summed E-state index contributed by atoms with van der Waals surface area (Å²) < 4.78 is 7.63. The molecule has 2 saturated heterocycles. The van der Waals surface area contributed by atoms with Gasteiger partial charge in [0.25, 0.3) is 5.91 Å². The first-order chi connectivity index (χ1) is 12.3. The quantitative estimate of drug-likeness (QED) is 0.907. The summed E-state index contributed by atoms with van der Waals surface area (Å²) in [6.45, 7) is 4.84. The number of piperidine rings is 1. The van der Waals surface area contributed by atoms with Crippen LogP contribution in [0.4, 0.5) is 5.95 Å². The monoisotopic (exact) mass is 342 g/mol. The number of imidazole rings is 1. The predicted octanol–water partition coefficient (Wildman–Crippen LogP) is 2.64. The van der Waals surface area contributed by atoms with Crippen molar-refractivity contribution in [2.45, 2.75) is 44.8 Å². The number of likely N-dealkylation sites (tertiary alicyclic amines) is 1. The second-order valence-corrected chi connectivity index (χ2v) is 6.97. The molecule has 0 radical (unpaired) electrons. The largest absolute Gasteiger partial charge is 0.368 e. The Morgan fingerprint density at radius 2 is 2.00 bits per heavy atom. The normalized spacial score (nSPS) is 21.7. The fraction of sp³-hybridized carbons (Fsp3) is 0.579. The van der Waals surface area contributed by atoms with Crippen LogP contribution in [0.3, 0.4) is 0 Å². The number of amides is 1. The van der Waals surface area contributed by atoms with Crippen molar-refractivity contribution < 1.29 is 9.53 Å². The average molecular weight is 342 g/mol. The molecule has 2 aliphatic heterocycles. The maximum absolute atomic E-state index is 12.4. The van der Waals surface area contributed by atoms with Gasteiger partial charge < -0.3 is 14.2 Å². The Hall–Kier alpha value is -1.92. The third kappa shape index (κ3) is 3.70. The van der Waals surface area contributed by atoms with E-state index in [1.165, 1.54) is 32.4 Å². The number of benzene rings is 1. The van der Waals surface area contributed by atoms with Crippen molar-refractivity contribution in [1.82, 2.24) is 14.5 Å². The lowest BCUT2D eigenvalue weighted by Crippen LogP contribution is -2.33. The fourth-order valence-electron chi connectivity index (χ4n) is 3.80. The maximum Gasteiger partial charge on any atom is 0.255 e. The third-order valence-electron chi connectivity index (χ3n) is 5.20. The Kier molecular flexibility index (Phi) is 4.99. The lowest BCUT2D eigenvalue weighted by Gasteiger charge is -2.26. The van der Waals surface area contributed by atoms with Crippen LogP contribution in [-0.2, 0) is 16.1 Å². The Morgan fingerprint density at radius 3 is 2.80 bits per heavy atom. The number of nitrogens with zero attached hydrogens (tertiary/aromatic N) is 3. The van der Waals surface area contributed by atoms with Gasteiger partial charge in [-0.3, -0.25) is 10.1 Å². The Morgan fingerprint density at radius 1 is 1.16 bits per heavy atom. The number of hydrogen-bond donors (Lipinski definition) is 1. The first-order valence-corrected chi connectivity index (χ1v) is 9.41. The van der Waals surface area contributed by atoms with Crippen LogP contribution in [0, 0.1) is 0 Å². The number of ether oxygens (including phenoxy) is 1. The summed E-state index contributed by atoms with van der Waals surface area (Å²) in [5, 5.41) is 3.00. The van der Waals surface area contributed by atoms with E-state index in [0.717, 1.165) is 37.0 Å². The molecule has 3 heterocycles. The summed E-state index contributed by atoms with van der Waals surface area (Å²) in [4.78, 5) is 19.6. The number of hydrogen-bond acceptors (Lipinski definition) is 4. The molecule has 2 aliphatic rings. The summed E-state index contributed by atoms with van der Waals surface area (Å²) in [7, 11) is 0. The topological polar surface area (TPSA) is 59.4 Å². The van der Waals surface area contributed by atoms with Gasteiger partial charge in [0.15, 0.2) is 0 Å². The van der Waals surface area contributed by atoms with E-state index < -0.39 is 0 Å². The molecule has 0 aliphatic carbocycles. The van der Waals surface area contributed by atoms with Crippen LogP contribution in [0.5, 0.6) is 0 Å². The number of fused-ring (bicyclic) bond motifs is 1. The first-order valence-electron chi connectivity index (χ1n) is 9.41. The van der Waals surface area contributed by atoms with Crippen LogP contribution in [0.15, 0.2) is 24.3 Å². The summed E-state index contributed by atoms with van der Waals surface area (Å²) in [5.41, 5.74) is 1.99. The minimum Gasteiger partial charge on any atom is -0.368 e. The fourth-order valence-corrected chi connectivity index (χ4v) is 3.80. The second-order valence-electron chi connectivity index (χ2n) is 6.97. The summed E-state index contributed by atoms with van der Waals surface area (Å²) in [6, 6.07) is 8.07. The molecule has 1 atom stereocenters. The number of anilines is 1. The van der Waals surface area contributed by atoms with Gasteiger partial charge in [0.2, 0.25) is 5.95 Å². The number of carbonyl (C=O) groups excluding carboxylic acids is 1. The smallest absolute Gasteiger partial charge is 0.255 e. The molecule has 0 bridgehead atoms. The van der Waals surface area contributed by atoms with Crippen LogP contribution >= 0.6 is 0 Å². The van der Waals surface area contributed by atoms with Crippen molar-refractivity contribution in [3.63, 3.8) is 0 Å². The van der Waals surface area contributed by atoms with Crippen molar-refractivity contribution in [3.8, 4) is 0 Å². The van der Waals surface area contributed by atoms with Gasteiger partial charge in [-0.1, -0.05) is 18.6 Å². The van der Waals surface area contributed by atoms with Gasteiger partial charge in [-0.2, -0.15) is 0 Å². The van der Waals surface area contributed by atoms with E-state index in [4.69, 9.17) is 4.74 Å². The van der Waals surface area contributed by atoms with Crippen LogP contribution < -0.4 is 5.32 Å². The zero-order valence-corrected chi connectivity index (χ0v) is 14.6. The molecule has 6 nitrogen and oxygen atoms in total. The van der Waals surface area contributed by atoms with E-state index in [-0.39, 0.29) is 12.0 Å². The van der Waals surface area contributed by atoms with E-state index in [2.05, 4.69) is 25.8 Å². The molecule has 0 unspecified atom stereocenters. The standard InChI is InChI=1S/C19H26N4O2/c24-18(17-9-6-14-25-17)21-19-20-15-7-2-3-8-16(15)23(19)13-12-22-10-4-1-5-11-22/h2-3,7-8,17H,1,4-6,9-14H2,(H,20,21,24)/t17-/m0/s1. The number of aromatic nitrogens is 2. The van der Waals surface area contributed by atoms with Gasteiger partial charge in [-0.25, -0.2) is 4.98 Å². The molecule has 6 heteroatoms. The highest BCUT2D eigenvalue weighted by atomic mass is 16.5. The molecule has 1 aromatic heterocycles. The minimum atomic E-state index is -0.338. The maximum atomic E-state index is 12.4. The number of carbonyl (C=O) groups is 1. The molecule has 0 spiro atoms. The van der Waals surface area contributed by atoms with E-state index in [1.54, 1.807) is 0 Å². The molecule has 0 saturated carbocycles. The minimum absolute atomic E-state index is 0.0768. The Balaban J connectivity index is 1.53. The molecule has 25 heavy (non-hydrogen) atoms. The van der Waals surface area contributed by atoms with Gasteiger partial charge in [0.05, 0.1) is 11.0 Å². The zero-order chi connectivity index (χ0) is 17.1. The lowest BCUT2D eigenvalue weighted by molar-refractivity contribution is -0.124. The van der Waals surface area contributed by atoms with Gasteiger partial charge in [0.1, 0.15) is 6.10 Å². The van der Waals surface area contributed by atoms with Crippen molar-refractivity contribution in [1.29, 1.82) is 0 Å². The molecule has 2 fully saturated rings. The van der Waals surface area contributed by atoms with Crippen LogP contribution in [-0.4, -0.2) is 52.7 Å². The molecule has 1 amide bonds. The first kappa shape index (κ1) is 16.5. The highest BCUT2D eigenvalue weighted by Gasteiger charge is 2.25. The molecule has 1 N–H and O–H groups in total. The van der Waals surface area contributed by atoms with Gasteiger partial charge in [0, 0.05) is 19.7 Å². The molecule has 1 aromatic carbocycles. The van der Waals surface area contributed by atoms with Gasteiger partial charge in [-0.05, 0) is 50.9 Å². The number of nitrogens with one attached hydrogen (secondary N) is 1. The van der Waals surface area contributed by atoms with Crippen molar-refractivity contribution in [3.05, 3.63) is 24.3 Å². The van der Waals surface area contributed by atoms with Gasteiger partial charge >= 0.3 is 0 Å². The summed E-state index contributed by atoms with van der Waals surface area (Å²) in [6.07, 6.45) is 5.31. The zero-order valence-electron chi connectivity index (χ0n) is 14.6. The molecule has 2 aromatic rings. The van der Waals surface area contributed by atoms with Gasteiger partial charge in [-0.15, -0.1) is 0 Å². The van der Waals surface area contributed by atoms with Crippen molar-refractivity contribution >= 4 is 22.9 Å². The molecule has 4 rings (SSSR count). The van der Waals surface area contributed by atoms with Crippen LogP contribution in [0.25, 0.3) is 11.0 Å². The van der Waals surface area contributed by atoms with Crippen molar-refractivity contribution in [2.24, 2.45) is 0 Å². The van der Waals surface area contributed by atoms with Crippen molar-refractivity contribution in [2.75, 3.05) is 31.6 Å². The third-order valence-corrected chi connectivity index (χ3v) is 5.20. The lowest BCUT2D eigenvalue weighted by atomic mass is 10.1. The molecular weight excluding hydrogens is 316 g/mol. The van der Waals surface area contributed by atoms with E-state index in [9.17, 15) is 4.79 Å². The number of para-hydroxylation sites is 2. The van der Waals surface area contributed by atoms with E-state index >= 15 is 0 Å². The van der Waals surface area contributed by atoms with E-state index in [1.807, 2.05) is 18.2 Å². The molecule has 134 valence electrons. The molecular formula is C19H26N4O2.